The second-order valence-corrected chi connectivity index (χ2v) is 6.87. The molecule has 0 aliphatic heterocycles. The number of nitrogens with zero attached hydrogens (tertiary/aromatic N) is 1. The fourth-order valence-electron chi connectivity index (χ4n) is 2.30. The van der Waals surface area contributed by atoms with Crippen molar-refractivity contribution in [2.75, 3.05) is 5.32 Å². The highest BCUT2D eigenvalue weighted by Gasteiger charge is 2.15. The second kappa shape index (κ2) is 9.09. The van der Waals surface area contributed by atoms with Crippen molar-refractivity contribution in [1.29, 1.82) is 0 Å². The number of pyridine rings is 1. The van der Waals surface area contributed by atoms with Crippen LogP contribution in [0, 0.1) is 3.57 Å². The molecule has 0 aliphatic carbocycles. The molecule has 0 saturated carbocycles. The number of hydrogen-bond acceptors (Lipinski definition) is 3. The maximum absolute atomic E-state index is 12.8. The third kappa shape index (κ3) is 5.49. The Morgan fingerprint density at radius 1 is 0.889 bits per heavy atom. The number of amides is 2. The summed E-state index contributed by atoms with van der Waals surface area (Å²) in [5.41, 5.74) is 2.02. The van der Waals surface area contributed by atoms with Crippen LogP contribution in [-0.2, 0) is 4.79 Å². The fourth-order valence-corrected chi connectivity index (χ4v) is 2.66. The number of rotatable bonds is 5. The molecule has 0 aliphatic rings. The van der Waals surface area contributed by atoms with Crippen LogP contribution < -0.4 is 10.6 Å². The lowest BCUT2D eigenvalue weighted by atomic mass is 10.2. The van der Waals surface area contributed by atoms with E-state index in [9.17, 15) is 9.59 Å². The van der Waals surface area contributed by atoms with E-state index in [-0.39, 0.29) is 11.6 Å². The first-order chi connectivity index (χ1) is 13.1. The lowest BCUT2D eigenvalue weighted by Gasteiger charge is -2.11. The van der Waals surface area contributed by atoms with Gasteiger partial charge in [-0.15, -0.1) is 0 Å². The molecule has 2 amide bonds. The average Bonchev–Trinajstić information content (AvgIpc) is 2.70. The topological polar surface area (TPSA) is 71.1 Å². The minimum atomic E-state index is -0.405. The van der Waals surface area contributed by atoms with Crippen molar-refractivity contribution in [2.45, 2.75) is 0 Å². The number of carbonyl (C=O) groups is 2. The molecular weight excluding hydrogens is 453 g/mol. The van der Waals surface area contributed by atoms with Crippen LogP contribution in [0.3, 0.4) is 0 Å². The summed E-state index contributed by atoms with van der Waals surface area (Å²) < 4.78 is 1.07. The summed E-state index contributed by atoms with van der Waals surface area (Å²) in [5.74, 6) is -0.758. The third-order valence-corrected chi connectivity index (χ3v) is 4.37. The predicted molar refractivity (Wildman–Crippen MR) is 114 cm³/mol. The Kier molecular flexibility index (Phi) is 6.32. The molecule has 6 heteroatoms. The molecule has 0 spiro atoms. The minimum Gasteiger partial charge on any atom is -0.321 e. The van der Waals surface area contributed by atoms with E-state index in [2.05, 4.69) is 38.2 Å². The molecule has 5 nitrogen and oxygen atoms in total. The first kappa shape index (κ1) is 18.8. The van der Waals surface area contributed by atoms with Gasteiger partial charge in [-0.05, 0) is 82.8 Å². The maximum atomic E-state index is 12.8. The van der Waals surface area contributed by atoms with Gasteiger partial charge >= 0.3 is 0 Å². The fraction of sp³-hybridized carbons (Fsp3) is 0. The van der Waals surface area contributed by atoms with Crippen molar-refractivity contribution in [3.8, 4) is 0 Å². The zero-order valence-electron chi connectivity index (χ0n) is 14.2. The highest BCUT2D eigenvalue weighted by atomic mass is 127. The number of halogens is 1. The normalized spacial score (nSPS) is 10.9. The number of anilines is 1. The van der Waals surface area contributed by atoms with Crippen molar-refractivity contribution < 1.29 is 9.59 Å². The molecule has 2 aromatic carbocycles. The molecule has 0 fully saturated rings. The van der Waals surface area contributed by atoms with E-state index in [1.165, 1.54) is 0 Å². The molecule has 0 saturated heterocycles. The Labute approximate surface area is 170 Å². The van der Waals surface area contributed by atoms with Gasteiger partial charge in [0.05, 0.1) is 0 Å². The predicted octanol–water partition coefficient (Wildman–Crippen LogP) is 4.10. The van der Waals surface area contributed by atoms with Crippen molar-refractivity contribution in [2.24, 2.45) is 0 Å². The van der Waals surface area contributed by atoms with E-state index in [4.69, 9.17) is 0 Å². The molecule has 134 valence electrons. The van der Waals surface area contributed by atoms with Gasteiger partial charge < -0.3 is 10.6 Å². The summed E-state index contributed by atoms with van der Waals surface area (Å²) in [6.45, 7) is 0. The summed E-state index contributed by atoms with van der Waals surface area (Å²) in [7, 11) is 0. The zero-order valence-corrected chi connectivity index (χ0v) is 16.4. The van der Waals surface area contributed by atoms with E-state index in [0.29, 0.717) is 11.3 Å². The lowest BCUT2D eigenvalue weighted by Crippen LogP contribution is -2.30. The van der Waals surface area contributed by atoms with Crippen LogP contribution >= 0.6 is 22.6 Å². The average molecular weight is 469 g/mol. The monoisotopic (exact) mass is 469 g/mol. The molecule has 27 heavy (non-hydrogen) atoms. The van der Waals surface area contributed by atoms with Gasteiger partial charge in [-0.3, -0.25) is 14.6 Å². The highest BCUT2D eigenvalue weighted by Crippen LogP contribution is 2.13. The van der Waals surface area contributed by atoms with Crippen LogP contribution in [0.15, 0.2) is 84.8 Å². The quantitative estimate of drug-likeness (QED) is 0.437. The molecule has 3 aromatic rings. The van der Waals surface area contributed by atoms with Crippen LogP contribution in [0.1, 0.15) is 15.9 Å². The summed E-state index contributed by atoms with van der Waals surface area (Å²) >= 11 is 2.19. The lowest BCUT2D eigenvalue weighted by molar-refractivity contribution is -0.113. The van der Waals surface area contributed by atoms with E-state index >= 15 is 0 Å². The molecule has 0 bridgehead atoms. The Hall–Kier alpha value is -3.00. The van der Waals surface area contributed by atoms with Crippen LogP contribution in [0.4, 0.5) is 5.69 Å². The number of nitrogens with one attached hydrogen (secondary N) is 2. The number of benzene rings is 2. The van der Waals surface area contributed by atoms with Crippen molar-refractivity contribution in [1.82, 2.24) is 10.3 Å². The number of hydrogen-bond donors (Lipinski definition) is 2. The maximum Gasteiger partial charge on any atom is 0.272 e. The summed E-state index contributed by atoms with van der Waals surface area (Å²) in [5, 5.41) is 5.51. The van der Waals surface area contributed by atoms with Crippen LogP contribution in [0.2, 0.25) is 0 Å². The number of carbonyl (C=O) groups excluding carboxylic acids is 2. The van der Waals surface area contributed by atoms with Gasteiger partial charge in [-0.2, -0.15) is 0 Å². The molecule has 0 unspecified atom stereocenters. The van der Waals surface area contributed by atoms with Gasteiger partial charge in [0.25, 0.3) is 11.8 Å². The van der Waals surface area contributed by atoms with E-state index < -0.39 is 5.91 Å². The molecule has 0 radical (unpaired) electrons. The van der Waals surface area contributed by atoms with Gasteiger partial charge in [0.15, 0.2) is 0 Å². The molecule has 0 atom stereocenters. The van der Waals surface area contributed by atoms with Crippen molar-refractivity contribution >= 4 is 46.2 Å². The second-order valence-electron chi connectivity index (χ2n) is 5.62. The summed E-state index contributed by atoms with van der Waals surface area (Å²) in [6, 6.07) is 19.7. The molecular formula is C21H16IN3O2. The Morgan fingerprint density at radius 2 is 1.56 bits per heavy atom. The summed E-state index contributed by atoms with van der Waals surface area (Å²) in [6.07, 6.45) is 4.86. The SMILES string of the molecule is O=C(Nc1ccc(I)cc1)C(=Cc1ccncc1)NC(=O)c1ccccc1. The third-order valence-electron chi connectivity index (χ3n) is 3.65. The molecule has 1 aromatic heterocycles. The van der Waals surface area contributed by atoms with E-state index in [1.807, 2.05) is 30.3 Å². The van der Waals surface area contributed by atoms with Crippen LogP contribution in [-0.4, -0.2) is 16.8 Å². The zero-order chi connectivity index (χ0) is 19.1. The summed E-state index contributed by atoms with van der Waals surface area (Å²) in [4.78, 5) is 29.2. The van der Waals surface area contributed by atoms with Gasteiger partial charge in [0.1, 0.15) is 5.70 Å². The van der Waals surface area contributed by atoms with Crippen molar-refractivity contribution in [3.05, 3.63) is 99.5 Å². The standard InChI is InChI=1S/C21H16IN3O2/c22-17-6-8-18(9-7-17)24-21(27)19(14-15-10-12-23-13-11-15)25-20(26)16-4-2-1-3-5-16/h1-14H,(H,24,27)(H,25,26). The largest absolute Gasteiger partial charge is 0.321 e. The molecule has 1 heterocycles. The Balaban J connectivity index is 1.85. The van der Waals surface area contributed by atoms with Crippen LogP contribution in [0.5, 0.6) is 0 Å². The van der Waals surface area contributed by atoms with Gasteiger partial charge in [0, 0.05) is 27.2 Å². The minimum absolute atomic E-state index is 0.147. The van der Waals surface area contributed by atoms with Gasteiger partial charge in [-0.25, -0.2) is 0 Å². The Morgan fingerprint density at radius 3 is 2.22 bits per heavy atom. The van der Waals surface area contributed by atoms with Crippen molar-refractivity contribution in [3.63, 3.8) is 0 Å². The van der Waals surface area contributed by atoms with E-state index in [0.717, 1.165) is 9.13 Å². The first-order valence-corrected chi connectivity index (χ1v) is 9.25. The van der Waals surface area contributed by atoms with Crippen LogP contribution in [0.25, 0.3) is 6.08 Å². The number of aromatic nitrogens is 1. The highest BCUT2D eigenvalue weighted by molar-refractivity contribution is 14.1. The first-order valence-electron chi connectivity index (χ1n) is 8.17. The Bertz CT molecular complexity index is 956. The molecule has 3 rings (SSSR count). The smallest absolute Gasteiger partial charge is 0.272 e. The van der Waals surface area contributed by atoms with E-state index in [1.54, 1.807) is 54.9 Å². The van der Waals surface area contributed by atoms with Gasteiger partial charge in [-0.1, -0.05) is 18.2 Å². The molecule has 2 N–H and O–H groups in total. The van der Waals surface area contributed by atoms with Gasteiger partial charge in [0.2, 0.25) is 0 Å².